The van der Waals surface area contributed by atoms with Crippen molar-refractivity contribution in [1.29, 1.82) is 5.26 Å². The molecule has 1 fully saturated rings. The minimum atomic E-state index is -0.382. The Bertz CT molecular complexity index is 515. The predicted molar refractivity (Wildman–Crippen MR) is 72.6 cm³/mol. The molecule has 102 valence electrons. The number of benzene rings is 1. The summed E-state index contributed by atoms with van der Waals surface area (Å²) >= 11 is 0. The van der Waals surface area contributed by atoms with Gasteiger partial charge < -0.3 is 9.64 Å². The molecule has 0 N–H and O–H groups in total. The van der Waals surface area contributed by atoms with Crippen molar-refractivity contribution < 1.29 is 9.13 Å². The number of nitrogens with zero attached hydrogens (tertiary/aromatic N) is 2. The van der Waals surface area contributed by atoms with Crippen LogP contribution in [0.3, 0.4) is 0 Å². The Balaban J connectivity index is 2.39. The molecule has 0 atom stereocenters. The van der Waals surface area contributed by atoms with Crippen LogP contribution in [0.4, 0.5) is 10.1 Å². The van der Waals surface area contributed by atoms with Gasteiger partial charge in [-0.25, -0.2) is 4.39 Å². The van der Waals surface area contributed by atoms with E-state index in [1.54, 1.807) is 6.07 Å². The third kappa shape index (κ3) is 3.05. The molecular weight excluding hydrogens is 243 g/mol. The van der Waals surface area contributed by atoms with Gasteiger partial charge in [0.25, 0.3) is 0 Å². The quantitative estimate of drug-likeness (QED) is 0.780. The van der Waals surface area contributed by atoms with E-state index in [4.69, 9.17) is 10.00 Å². The van der Waals surface area contributed by atoms with Crippen molar-refractivity contribution in [3.05, 3.63) is 29.6 Å². The van der Waals surface area contributed by atoms with E-state index in [1.165, 1.54) is 12.1 Å². The number of nitriles is 1. The average molecular weight is 262 g/mol. The average Bonchev–Trinajstić information content (AvgIpc) is 2.24. The molecule has 0 radical (unpaired) electrons. The van der Waals surface area contributed by atoms with E-state index in [9.17, 15) is 4.39 Å². The Morgan fingerprint density at radius 2 is 1.79 bits per heavy atom. The summed E-state index contributed by atoms with van der Waals surface area (Å²) in [4.78, 5) is 2.10. The smallest absolute Gasteiger partial charge is 0.124 e. The highest BCUT2D eigenvalue weighted by atomic mass is 19.1. The summed E-state index contributed by atoms with van der Waals surface area (Å²) in [5, 5.41) is 9.16. The Kier molecular flexibility index (Phi) is 3.27. The van der Waals surface area contributed by atoms with Gasteiger partial charge in [-0.2, -0.15) is 5.26 Å². The van der Waals surface area contributed by atoms with Gasteiger partial charge in [-0.3, -0.25) is 0 Å². The summed E-state index contributed by atoms with van der Waals surface area (Å²) in [6.45, 7) is 9.45. The monoisotopic (exact) mass is 262 g/mol. The third-order valence-electron chi connectivity index (χ3n) is 3.12. The van der Waals surface area contributed by atoms with Crippen LogP contribution >= 0.6 is 0 Å². The number of hydrogen-bond acceptors (Lipinski definition) is 3. The number of halogens is 1. The van der Waals surface area contributed by atoms with Crippen molar-refractivity contribution in [1.82, 2.24) is 0 Å². The molecule has 1 aromatic carbocycles. The van der Waals surface area contributed by atoms with Crippen LogP contribution in [0.25, 0.3) is 0 Å². The minimum Gasteiger partial charge on any atom is -0.366 e. The van der Waals surface area contributed by atoms with E-state index < -0.39 is 0 Å². The maximum atomic E-state index is 13.2. The van der Waals surface area contributed by atoms with Gasteiger partial charge in [-0.05, 0) is 45.9 Å². The van der Waals surface area contributed by atoms with Gasteiger partial charge in [-0.1, -0.05) is 0 Å². The van der Waals surface area contributed by atoms with Crippen molar-refractivity contribution >= 4 is 5.69 Å². The fourth-order valence-corrected chi connectivity index (χ4v) is 2.83. The number of hydrogen-bond donors (Lipinski definition) is 0. The molecule has 2 rings (SSSR count). The number of rotatable bonds is 1. The fourth-order valence-electron chi connectivity index (χ4n) is 2.83. The Labute approximate surface area is 113 Å². The largest absolute Gasteiger partial charge is 0.366 e. The zero-order valence-corrected chi connectivity index (χ0v) is 11.8. The summed E-state index contributed by atoms with van der Waals surface area (Å²) in [7, 11) is 0. The number of ether oxygens (including phenoxy) is 1. The minimum absolute atomic E-state index is 0.303. The molecule has 1 saturated heterocycles. The van der Waals surface area contributed by atoms with Crippen LogP contribution in [0.15, 0.2) is 18.2 Å². The highest BCUT2D eigenvalue weighted by molar-refractivity contribution is 5.60. The third-order valence-corrected chi connectivity index (χ3v) is 3.12. The van der Waals surface area contributed by atoms with Crippen LogP contribution in [0.5, 0.6) is 0 Å². The first-order valence-corrected chi connectivity index (χ1v) is 6.37. The fraction of sp³-hybridized carbons (Fsp3) is 0.533. The van der Waals surface area contributed by atoms with Gasteiger partial charge in [0.2, 0.25) is 0 Å². The molecule has 0 unspecified atom stereocenters. The molecule has 0 saturated carbocycles. The SMILES string of the molecule is CC1(C)CN(c2ccc(F)cc2C#N)CC(C)(C)O1. The Hall–Kier alpha value is -1.60. The molecule has 0 aromatic heterocycles. The number of anilines is 1. The van der Waals surface area contributed by atoms with Crippen molar-refractivity contribution in [2.75, 3.05) is 18.0 Å². The molecule has 0 amide bonds. The zero-order chi connectivity index (χ0) is 14.3. The van der Waals surface area contributed by atoms with E-state index >= 15 is 0 Å². The second-order valence-corrected chi connectivity index (χ2v) is 6.25. The molecule has 1 aliphatic heterocycles. The normalized spacial score (nSPS) is 20.9. The molecule has 0 aliphatic carbocycles. The van der Waals surface area contributed by atoms with Gasteiger partial charge in [0.15, 0.2) is 0 Å². The Morgan fingerprint density at radius 3 is 2.32 bits per heavy atom. The standard InChI is InChI=1S/C15H19FN2O/c1-14(2)9-18(10-15(3,4)19-14)13-6-5-12(16)7-11(13)8-17/h5-7H,9-10H2,1-4H3. The molecule has 4 heteroatoms. The highest BCUT2D eigenvalue weighted by Crippen LogP contribution is 2.33. The molecular formula is C15H19FN2O. The Morgan fingerprint density at radius 1 is 1.21 bits per heavy atom. The maximum absolute atomic E-state index is 13.2. The lowest BCUT2D eigenvalue weighted by molar-refractivity contribution is -0.133. The first kappa shape index (κ1) is 13.8. The molecule has 0 spiro atoms. The zero-order valence-electron chi connectivity index (χ0n) is 11.8. The first-order valence-electron chi connectivity index (χ1n) is 6.37. The molecule has 1 aromatic rings. The van der Waals surface area contributed by atoms with Crippen LogP contribution in [-0.4, -0.2) is 24.3 Å². The van der Waals surface area contributed by atoms with Gasteiger partial charge in [0.05, 0.1) is 22.5 Å². The molecule has 1 aliphatic rings. The van der Waals surface area contributed by atoms with Crippen molar-refractivity contribution in [3.8, 4) is 6.07 Å². The summed E-state index contributed by atoms with van der Waals surface area (Å²) < 4.78 is 19.2. The topological polar surface area (TPSA) is 36.3 Å². The number of morpholine rings is 1. The second kappa shape index (κ2) is 4.50. The van der Waals surface area contributed by atoms with E-state index in [0.717, 1.165) is 5.69 Å². The van der Waals surface area contributed by atoms with Gasteiger partial charge >= 0.3 is 0 Å². The van der Waals surface area contributed by atoms with Crippen molar-refractivity contribution in [3.63, 3.8) is 0 Å². The van der Waals surface area contributed by atoms with Crippen LogP contribution in [0.2, 0.25) is 0 Å². The van der Waals surface area contributed by atoms with Crippen LogP contribution in [0, 0.1) is 17.1 Å². The highest BCUT2D eigenvalue weighted by Gasteiger charge is 2.38. The maximum Gasteiger partial charge on any atom is 0.124 e. The van der Waals surface area contributed by atoms with E-state index in [-0.39, 0.29) is 17.0 Å². The predicted octanol–water partition coefficient (Wildman–Crippen LogP) is 3.09. The second-order valence-electron chi connectivity index (χ2n) is 6.25. The lowest BCUT2D eigenvalue weighted by Gasteiger charge is -2.48. The van der Waals surface area contributed by atoms with E-state index in [0.29, 0.717) is 18.7 Å². The lowest BCUT2D eigenvalue weighted by atomic mass is 9.97. The molecule has 19 heavy (non-hydrogen) atoms. The van der Waals surface area contributed by atoms with Gasteiger partial charge in [-0.15, -0.1) is 0 Å². The van der Waals surface area contributed by atoms with Crippen LogP contribution < -0.4 is 4.90 Å². The summed E-state index contributed by atoms with van der Waals surface area (Å²) in [6, 6.07) is 6.41. The summed E-state index contributed by atoms with van der Waals surface area (Å²) in [6.07, 6.45) is 0. The molecule has 0 bridgehead atoms. The first-order chi connectivity index (χ1) is 8.72. The van der Waals surface area contributed by atoms with Crippen LogP contribution in [0.1, 0.15) is 33.3 Å². The molecule has 1 heterocycles. The van der Waals surface area contributed by atoms with Crippen LogP contribution in [-0.2, 0) is 4.74 Å². The van der Waals surface area contributed by atoms with Gasteiger partial charge in [0.1, 0.15) is 11.9 Å². The van der Waals surface area contributed by atoms with E-state index in [2.05, 4.69) is 11.0 Å². The van der Waals surface area contributed by atoms with E-state index in [1.807, 2.05) is 27.7 Å². The summed E-state index contributed by atoms with van der Waals surface area (Å²) in [5.41, 5.74) is 0.535. The van der Waals surface area contributed by atoms with Crippen molar-refractivity contribution in [2.24, 2.45) is 0 Å². The summed E-state index contributed by atoms with van der Waals surface area (Å²) in [5.74, 6) is -0.382. The van der Waals surface area contributed by atoms with Gasteiger partial charge in [0, 0.05) is 13.1 Å². The van der Waals surface area contributed by atoms with Crippen molar-refractivity contribution in [2.45, 2.75) is 38.9 Å². The molecule has 3 nitrogen and oxygen atoms in total. The lowest BCUT2D eigenvalue weighted by Crippen LogP contribution is -2.57.